The Hall–Kier alpha value is -0.0400. The van der Waals surface area contributed by atoms with Crippen LogP contribution in [0.5, 0.6) is 0 Å². The fourth-order valence-electron chi connectivity index (χ4n) is 1.13. The van der Waals surface area contributed by atoms with E-state index in [1.165, 1.54) is 6.42 Å². The van der Waals surface area contributed by atoms with Gasteiger partial charge in [0.1, 0.15) is 5.60 Å². The topological polar surface area (TPSA) is 19.9 Å². The maximum absolute atomic E-state index is 11.1. The molecule has 0 aromatic rings. The molecular formula is C7H12O. The molecular weight excluding hydrogens is 100 g/mol. The van der Waals surface area contributed by atoms with E-state index >= 15 is 0 Å². The summed E-state index contributed by atoms with van der Waals surface area (Å²) in [5.41, 5.74) is -0.696. The van der Waals surface area contributed by atoms with Crippen LogP contribution in [0, 0.1) is 6.42 Å². The lowest BCUT2D eigenvalue weighted by molar-refractivity contribution is -0.00450. The Labute approximate surface area is 50.7 Å². The predicted octanol–water partition coefficient (Wildman–Crippen LogP) is 1.95. The summed E-state index contributed by atoms with van der Waals surface area (Å²) in [4.78, 5) is 0. The fourth-order valence-corrected chi connectivity index (χ4v) is 1.13. The summed E-state index contributed by atoms with van der Waals surface area (Å²) in [5.74, 6) is 0. The molecule has 1 aliphatic rings. The van der Waals surface area contributed by atoms with Gasteiger partial charge in [-0.15, -0.1) is 0 Å². The van der Waals surface area contributed by atoms with Crippen LogP contribution in [0.4, 0.5) is 0 Å². The third-order valence-electron chi connectivity index (χ3n) is 1.70. The van der Waals surface area contributed by atoms with Crippen molar-refractivity contribution in [2.24, 2.45) is 0 Å². The second kappa shape index (κ2) is 2.06. The maximum Gasteiger partial charge on any atom is 0.104 e. The second-order valence-electron chi connectivity index (χ2n) is 2.76. The Bertz CT molecular complexity index is 68.5. The first-order chi connectivity index (χ1) is 3.71. The van der Waals surface area contributed by atoms with Crippen LogP contribution >= 0.6 is 0 Å². The van der Waals surface area contributed by atoms with Gasteiger partial charge in [-0.3, -0.25) is 0 Å². The summed E-state index contributed by atoms with van der Waals surface area (Å²) < 4.78 is 0. The van der Waals surface area contributed by atoms with Crippen molar-refractivity contribution in [3.8, 4) is 0 Å². The molecule has 1 atom stereocenters. The lowest BCUT2D eigenvalue weighted by atomic mass is 9.87. The smallest absolute Gasteiger partial charge is 0.104 e. The van der Waals surface area contributed by atoms with E-state index in [0.29, 0.717) is 0 Å². The highest BCUT2D eigenvalue weighted by Gasteiger charge is 2.24. The zero-order chi connectivity index (χ0) is 6.04. The highest BCUT2D eigenvalue weighted by atomic mass is 16.3. The van der Waals surface area contributed by atoms with Crippen LogP contribution in [0.2, 0.25) is 0 Å². The summed E-state index contributed by atoms with van der Waals surface area (Å²) in [7, 11) is 0. The molecule has 1 unspecified atom stereocenters. The molecule has 0 saturated heterocycles. The first kappa shape index (κ1) is 6.09. The van der Waals surface area contributed by atoms with Crippen molar-refractivity contribution in [3.05, 3.63) is 6.42 Å². The van der Waals surface area contributed by atoms with Gasteiger partial charge in [-0.25, -0.2) is 5.11 Å². The summed E-state index contributed by atoms with van der Waals surface area (Å²) in [6.45, 7) is 1.77. The van der Waals surface area contributed by atoms with E-state index in [4.69, 9.17) is 0 Å². The predicted molar refractivity (Wildman–Crippen MR) is 31.9 cm³/mol. The lowest BCUT2D eigenvalue weighted by Gasteiger charge is -2.24. The third-order valence-corrected chi connectivity index (χ3v) is 1.70. The molecule has 46 valence electrons. The van der Waals surface area contributed by atoms with E-state index in [9.17, 15) is 5.11 Å². The molecule has 2 radical (unpaired) electrons. The minimum atomic E-state index is -0.696. The van der Waals surface area contributed by atoms with Gasteiger partial charge in [-0.05, 0) is 26.2 Å². The van der Waals surface area contributed by atoms with Crippen molar-refractivity contribution < 1.29 is 5.11 Å². The number of hydrogen-bond acceptors (Lipinski definition) is 0. The monoisotopic (exact) mass is 112 g/mol. The van der Waals surface area contributed by atoms with Crippen molar-refractivity contribution in [1.29, 1.82) is 0 Å². The standard InChI is InChI=1S/C7H12O/c1-7(8)5-3-2-4-6-7/h5H,2-4,6H2,1H3. The van der Waals surface area contributed by atoms with Crippen molar-refractivity contribution in [1.82, 2.24) is 0 Å². The number of rotatable bonds is 0. The minimum absolute atomic E-state index is 0.696. The summed E-state index contributed by atoms with van der Waals surface area (Å²) in [6.07, 6.45) is 6.11. The molecule has 1 heteroatoms. The molecule has 0 amide bonds. The molecule has 8 heavy (non-hydrogen) atoms. The molecule has 0 aliphatic heterocycles. The molecule has 0 heterocycles. The Kier molecular flexibility index (Phi) is 1.57. The van der Waals surface area contributed by atoms with Gasteiger partial charge in [0.2, 0.25) is 0 Å². The van der Waals surface area contributed by atoms with Crippen molar-refractivity contribution in [2.45, 2.75) is 38.2 Å². The van der Waals surface area contributed by atoms with Gasteiger partial charge in [0.15, 0.2) is 0 Å². The molecule has 1 fully saturated rings. The molecule has 0 bridgehead atoms. The van der Waals surface area contributed by atoms with Crippen LogP contribution in [0.1, 0.15) is 32.6 Å². The summed E-state index contributed by atoms with van der Waals surface area (Å²) >= 11 is 0. The molecule has 0 N–H and O–H groups in total. The minimum Gasteiger partial charge on any atom is -0.229 e. The van der Waals surface area contributed by atoms with E-state index in [2.05, 4.69) is 0 Å². The van der Waals surface area contributed by atoms with Gasteiger partial charge in [-0.2, -0.15) is 0 Å². The zero-order valence-electron chi connectivity index (χ0n) is 5.31. The molecule has 1 rings (SSSR count). The first-order valence-electron chi connectivity index (χ1n) is 3.25. The molecule has 1 nitrogen and oxygen atoms in total. The Morgan fingerprint density at radius 3 is 2.50 bits per heavy atom. The molecule has 0 aromatic carbocycles. The number of hydrogen-bond donors (Lipinski definition) is 0. The Morgan fingerprint density at radius 1 is 1.50 bits per heavy atom. The SMILES string of the molecule is CC1([O])[CH]CCCC1. The quantitative estimate of drug-likeness (QED) is 0.456. The third kappa shape index (κ3) is 1.48. The molecule has 0 spiro atoms. The largest absolute Gasteiger partial charge is 0.229 e. The van der Waals surface area contributed by atoms with Crippen LogP contribution in [-0.4, -0.2) is 5.60 Å². The Balaban J connectivity index is 2.33. The van der Waals surface area contributed by atoms with E-state index < -0.39 is 5.60 Å². The van der Waals surface area contributed by atoms with Crippen LogP contribution in [0.3, 0.4) is 0 Å². The van der Waals surface area contributed by atoms with Gasteiger partial charge in [0.05, 0.1) is 0 Å². The molecule has 1 aliphatic carbocycles. The van der Waals surface area contributed by atoms with Gasteiger partial charge < -0.3 is 0 Å². The van der Waals surface area contributed by atoms with Crippen molar-refractivity contribution in [2.75, 3.05) is 0 Å². The van der Waals surface area contributed by atoms with Crippen LogP contribution in [0.25, 0.3) is 0 Å². The highest BCUT2D eigenvalue weighted by Crippen LogP contribution is 2.26. The van der Waals surface area contributed by atoms with Crippen LogP contribution in [0.15, 0.2) is 0 Å². The van der Waals surface area contributed by atoms with E-state index in [1.807, 2.05) is 6.42 Å². The molecule has 1 saturated carbocycles. The molecule has 0 aromatic heterocycles. The average Bonchev–Trinajstić information content (AvgIpc) is 1.65. The summed E-state index contributed by atoms with van der Waals surface area (Å²) in [5, 5.41) is 11.1. The van der Waals surface area contributed by atoms with Gasteiger partial charge in [0.25, 0.3) is 0 Å². The average molecular weight is 112 g/mol. The first-order valence-corrected chi connectivity index (χ1v) is 3.25. The van der Waals surface area contributed by atoms with Crippen LogP contribution < -0.4 is 0 Å². The van der Waals surface area contributed by atoms with E-state index in [-0.39, 0.29) is 0 Å². The van der Waals surface area contributed by atoms with Crippen LogP contribution in [-0.2, 0) is 5.11 Å². The maximum atomic E-state index is 11.1. The normalized spacial score (nSPS) is 27.8. The summed E-state index contributed by atoms with van der Waals surface area (Å²) in [6, 6.07) is 0. The second-order valence-corrected chi connectivity index (χ2v) is 2.76. The van der Waals surface area contributed by atoms with Gasteiger partial charge in [-0.1, -0.05) is 12.8 Å². The van der Waals surface area contributed by atoms with Gasteiger partial charge in [0, 0.05) is 0 Å². The highest BCUT2D eigenvalue weighted by molar-refractivity contribution is 4.91. The van der Waals surface area contributed by atoms with Crippen molar-refractivity contribution in [3.63, 3.8) is 0 Å². The Morgan fingerprint density at radius 2 is 2.25 bits per heavy atom. The zero-order valence-corrected chi connectivity index (χ0v) is 5.31. The van der Waals surface area contributed by atoms with E-state index in [1.54, 1.807) is 6.92 Å². The lowest BCUT2D eigenvalue weighted by Crippen LogP contribution is -2.25. The van der Waals surface area contributed by atoms with Crippen molar-refractivity contribution >= 4 is 0 Å². The fraction of sp³-hybridized carbons (Fsp3) is 0.857. The van der Waals surface area contributed by atoms with Gasteiger partial charge >= 0.3 is 0 Å². The van der Waals surface area contributed by atoms with E-state index in [0.717, 1.165) is 19.3 Å².